The zero-order chi connectivity index (χ0) is 17.7. The standard InChI is InChI=1S/C18H29N3O2S/c1-12(2)8-19-17(22)15-11-24-16(20-15)10-21(9-13(3)4)18(23)14-6-5-7-14/h11-14H,5-10H2,1-4H3,(H,19,22). The molecule has 0 aromatic carbocycles. The number of thiazole rings is 1. The first-order valence-electron chi connectivity index (χ1n) is 8.88. The lowest BCUT2D eigenvalue weighted by atomic mass is 9.84. The summed E-state index contributed by atoms with van der Waals surface area (Å²) < 4.78 is 0. The van der Waals surface area contributed by atoms with Crippen LogP contribution in [-0.4, -0.2) is 34.8 Å². The SMILES string of the molecule is CC(C)CNC(=O)c1csc(CN(CC(C)C)C(=O)C2CCC2)n1. The van der Waals surface area contributed by atoms with Crippen LogP contribution in [0.5, 0.6) is 0 Å². The highest BCUT2D eigenvalue weighted by atomic mass is 32.1. The Morgan fingerprint density at radius 3 is 2.54 bits per heavy atom. The summed E-state index contributed by atoms with van der Waals surface area (Å²) in [7, 11) is 0. The molecular formula is C18H29N3O2S. The van der Waals surface area contributed by atoms with Crippen LogP contribution in [-0.2, 0) is 11.3 Å². The number of hydrogen-bond donors (Lipinski definition) is 1. The van der Waals surface area contributed by atoms with E-state index in [0.29, 0.717) is 30.6 Å². The molecule has 2 rings (SSSR count). The lowest BCUT2D eigenvalue weighted by Crippen LogP contribution is -2.40. The largest absolute Gasteiger partial charge is 0.350 e. The minimum atomic E-state index is -0.132. The molecule has 134 valence electrons. The summed E-state index contributed by atoms with van der Waals surface area (Å²) in [5.74, 6) is 1.14. The van der Waals surface area contributed by atoms with E-state index < -0.39 is 0 Å². The molecule has 0 radical (unpaired) electrons. The summed E-state index contributed by atoms with van der Waals surface area (Å²) in [5, 5.41) is 5.50. The van der Waals surface area contributed by atoms with Crippen molar-refractivity contribution < 1.29 is 9.59 Å². The number of nitrogens with one attached hydrogen (secondary N) is 1. The van der Waals surface area contributed by atoms with E-state index in [0.717, 1.165) is 30.8 Å². The maximum absolute atomic E-state index is 12.6. The second kappa shape index (κ2) is 8.60. The summed E-state index contributed by atoms with van der Waals surface area (Å²) in [6.07, 6.45) is 3.17. The van der Waals surface area contributed by atoms with Crippen molar-refractivity contribution in [3.8, 4) is 0 Å². The smallest absolute Gasteiger partial charge is 0.270 e. The fourth-order valence-electron chi connectivity index (χ4n) is 2.63. The number of carbonyl (C=O) groups excluding carboxylic acids is 2. The molecule has 2 amide bonds. The van der Waals surface area contributed by atoms with E-state index in [1.54, 1.807) is 5.38 Å². The molecule has 0 saturated heterocycles. The van der Waals surface area contributed by atoms with Gasteiger partial charge in [-0.2, -0.15) is 0 Å². The maximum Gasteiger partial charge on any atom is 0.270 e. The molecule has 1 saturated carbocycles. The second-order valence-electron chi connectivity index (χ2n) is 7.47. The molecule has 0 bridgehead atoms. The third-order valence-corrected chi connectivity index (χ3v) is 4.97. The predicted molar refractivity (Wildman–Crippen MR) is 96.9 cm³/mol. The minimum absolute atomic E-state index is 0.132. The number of aromatic nitrogens is 1. The summed E-state index contributed by atoms with van der Waals surface area (Å²) in [6, 6.07) is 0. The van der Waals surface area contributed by atoms with Crippen LogP contribution in [0.1, 0.15) is 62.5 Å². The first-order valence-corrected chi connectivity index (χ1v) is 9.76. The van der Waals surface area contributed by atoms with Gasteiger partial charge < -0.3 is 10.2 Å². The number of rotatable bonds is 8. The van der Waals surface area contributed by atoms with Gasteiger partial charge >= 0.3 is 0 Å². The molecular weight excluding hydrogens is 322 g/mol. The van der Waals surface area contributed by atoms with E-state index in [9.17, 15) is 9.59 Å². The molecule has 1 aromatic heterocycles. The molecule has 1 aliphatic carbocycles. The Morgan fingerprint density at radius 1 is 1.29 bits per heavy atom. The van der Waals surface area contributed by atoms with Gasteiger partial charge in [-0.05, 0) is 24.7 Å². The van der Waals surface area contributed by atoms with E-state index in [2.05, 4.69) is 38.0 Å². The second-order valence-corrected chi connectivity index (χ2v) is 8.41. The molecule has 0 aliphatic heterocycles. The Kier molecular flexibility index (Phi) is 6.78. The van der Waals surface area contributed by atoms with Crippen LogP contribution >= 0.6 is 11.3 Å². The van der Waals surface area contributed by atoms with Crippen molar-refractivity contribution in [2.45, 2.75) is 53.5 Å². The van der Waals surface area contributed by atoms with Crippen LogP contribution in [0.2, 0.25) is 0 Å². The quantitative estimate of drug-likeness (QED) is 0.781. The van der Waals surface area contributed by atoms with E-state index in [1.165, 1.54) is 11.3 Å². The summed E-state index contributed by atoms with van der Waals surface area (Å²) in [6.45, 7) is 10.2. The summed E-state index contributed by atoms with van der Waals surface area (Å²) in [4.78, 5) is 31.0. The molecule has 1 aromatic rings. The van der Waals surface area contributed by atoms with Gasteiger partial charge in [0.15, 0.2) is 0 Å². The van der Waals surface area contributed by atoms with Gasteiger partial charge in [0.05, 0.1) is 6.54 Å². The summed E-state index contributed by atoms with van der Waals surface area (Å²) in [5.41, 5.74) is 0.455. The lowest BCUT2D eigenvalue weighted by Gasteiger charge is -2.32. The Bertz CT molecular complexity index is 564. The van der Waals surface area contributed by atoms with Crippen LogP contribution in [0.25, 0.3) is 0 Å². The Labute approximate surface area is 148 Å². The van der Waals surface area contributed by atoms with Gasteiger partial charge in [-0.3, -0.25) is 9.59 Å². The van der Waals surface area contributed by atoms with E-state index in [-0.39, 0.29) is 17.7 Å². The fourth-order valence-corrected chi connectivity index (χ4v) is 3.41. The van der Waals surface area contributed by atoms with Crippen molar-refractivity contribution in [3.63, 3.8) is 0 Å². The van der Waals surface area contributed by atoms with Crippen molar-refractivity contribution in [2.24, 2.45) is 17.8 Å². The topological polar surface area (TPSA) is 62.3 Å². The normalized spacial score (nSPS) is 14.8. The van der Waals surface area contributed by atoms with Gasteiger partial charge in [-0.25, -0.2) is 4.98 Å². The minimum Gasteiger partial charge on any atom is -0.350 e. The van der Waals surface area contributed by atoms with E-state index >= 15 is 0 Å². The lowest BCUT2D eigenvalue weighted by molar-refractivity contribution is -0.139. The molecule has 1 fully saturated rings. The number of nitrogens with zero attached hydrogens (tertiary/aromatic N) is 2. The van der Waals surface area contributed by atoms with Crippen LogP contribution in [0.3, 0.4) is 0 Å². The van der Waals surface area contributed by atoms with Crippen LogP contribution in [0.15, 0.2) is 5.38 Å². The van der Waals surface area contributed by atoms with Gasteiger partial charge in [-0.15, -0.1) is 11.3 Å². The first-order chi connectivity index (χ1) is 11.4. The average molecular weight is 352 g/mol. The maximum atomic E-state index is 12.6. The zero-order valence-corrected chi connectivity index (χ0v) is 16.0. The first kappa shape index (κ1) is 18.9. The Hall–Kier alpha value is -1.43. The average Bonchev–Trinajstić information content (AvgIpc) is 2.90. The molecule has 1 aliphatic rings. The number of carbonyl (C=O) groups is 2. The van der Waals surface area contributed by atoms with E-state index in [4.69, 9.17) is 0 Å². The molecule has 1 heterocycles. The third kappa shape index (κ3) is 5.30. The highest BCUT2D eigenvalue weighted by Crippen LogP contribution is 2.29. The highest BCUT2D eigenvalue weighted by molar-refractivity contribution is 7.09. The molecule has 24 heavy (non-hydrogen) atoms. The Morgan fingerprint density at radius 2 is 2.00 bits per heavy atom. The van der Waals surface area contributed by atoms with Crippen molar-refractivity contribution in [3.05, 3.63) is 16.1 Å². The van der Waals surface area contributed by atoms with Crippen molar-refractivity contribution in [2.75, 3.05) is 13.1 Å². The zero-order valence-electron chi connectivity index (χ0n) is 15.2. The predicted octanol–water partition coefficient (Wildman–Crippen LogP) is 3.31. The monoisotopic (exact) mass is 351 g/mol. The van der Waals surface area contributed by atoms with Gasteiger partial charge in [0.2, 0.25) is 5.91 Å². The van der Waals surface area contributed by atoms with Gasteiger partial charge in [0, 0.05) is 24.4 Å². The number of amides is 2. The van der Waals surface area contributed by atoms with Crippen molar-refractivity contribution >= 4 is 23.2 Å². The molecule has 5 nitrogen and oxygen atoms in total. The number of hydrogen-bond acceptors (Lipinski definition) is 4. The summed E-state index contributed by atoms with van der Waals surface area (Å²) >= 11 is 1.46. The van der Waals surface area contributed by atoms with Crippen LogP contribution in [0.4, 0.5) is 0 Å². The third-order valence-electron chi connectivity index (χ3n) is 4.13. The molecule has 0 spiro atoms. The van der Waals surface area contributed by atoms with E-state index in [1.807, 2.05) is 4.90 Å². The molecule has 6 heteroatoms. The van der Waals surface area contributed by atoms with Crippen LogP contribution in [0, 0.1) is 17.8 Å². The molecule has 0 atom stereocenters. The highest BCUT2D eigenvalue weighted by Gasteiger charge is 2.30. The molecule has 0 unspecified atom stereocenters. The molecule has 1 N–H and O–H groups in total. The fraction of sp³-hybridized carbons (Fsp3) is 0.722. The van der Waals surface area contributed by atoms with Gasteiger partial charge in [-0.1, -0.05) is 34.1 Å². The van der Waals surface area contributed by atoms with Gasteiger partial charge in [0.1, 0.15) is 10.7 Å². The van der Waals surface area contributed by atoms with Crippen LogP contribution < -0.4 is 5.32 Å². The van der Waals surface area contributed by atoms with Crippen molar-refractivity contribution in [1.82, 2.24) is 15.2 Å². The Balaban J connectivity index is 1.98. The van der Waals surface area contributed by atoms with Crippen molar-refractivity contribution in [1.29, 1.82) is 0 Å². The van der Waals surface area contributed by atoms with Gasteiger partial charge in [0.25, 0.3) is 5.91 Å².